The quantitative estimate of drug-likeness (QED) is 0.618. The molecule has 2 rings (SSSR count). The molecule has 0 N–H and O–H groups in total. The molecule has 0 saturated heterocycles. The number of rotatable bonds is 0. The van der Waals surface area contributed by atoms with Gasteiger partial charge in [-0.05, 0) is 37.8 Å². The van der Waals surface area contributed by atoms with Crippen molar-refractivity contribution in [3.05, 3.63) is 35.7 Å². The average Bonchev–Trinajstić information content (AvgIpc) is 2.30. The van der Waals surface area contributed by atoms with E-state index in [1.807, 2.05) is 24.3 Å². The molecule has 0 amide bonds. The molecule has 2 aromatic rings. The lowest BCUT2D eigenvalue weighted by atomic mass is 10.2. The lowest BCUT2D eigenvalue weighted by molar-refractivity contribution is 1.23. The lowest BCUT2D eigenvalue weighted by Gasteiger charge is -1.99. The minimum absolute atomic E-state index is 0.649. The first-order valence-electron chi connectivity index (χ1n) is 4.97. The maximum Gasteiger partial charge on any atom is 0.148 e. The molecule has 0 spiro atoms. The largest absolute Gasteiger partial charge is 0.235 e. The van der Waals surface area contributed by atoms with Gasteiger partial charge < -0.3 is 0 Å². The minimum atomic E-state index is 0.649. The van der Waals surface area contributed by atoms with Gasteiger partial charge in [-0.2, -0.15) is 0 Å². The zero-order valence-corrected chi connectivity index (χ0v) is 9.20. The molecule has 0 aliphatic heterocycles. The van der Waals surface area contributed by atoms with Gasteiger partial charge >= 0.3 is 0 Å². The first-order chi connectivity index (χ1) is 7.85. The van der Waals surface area contributed by atoms with E-state index in [-0.39, 0.29) is 0 Å². The number of fused-ring (bicyclic) bond motifs is 1. The lowest BCUT2D eigenvalue weighted by Crippen LogP contribution is -1.95. The Kier molecular flexibility index (Phi) is 2.85. The van der Waals surface area contributed by atoms with Crippen LogP contribution >= 0.6 is 0 Å². The van der Waals surface area contributed by atoms with E-state index >= 15 is 0 Å². The fraction of sp³-hybridized carbons (Fsp3) is 0.143. The molecule has 1 aromatic carbocycles. The monoisotopic (exact) mass is 206 g/mol. The molecule has 76 valence electrons. The van der Waals surface area contributed by atoms with Crippen molar-refractivity contribution in [2.24, 2.45) is 0 Å². The summed E-state index contributed by atoms with van der Waals surface area (Å²) in [5, 5.41) is 0. The molecule has 2 heteroatoms. The summed E-state index contributed by atoms with van der Waals surface area (Å²) in [6, 6.07) is 7.72. The third kappa shape index (κ3) is 1.87. The molecule has 0 aliphatic carbocycles. The van der Waals surface area contributed by atoms with Crippen LogP contribution in [0.2, 0.25) is 0 Å². The molecule has 0 radical (unpaired) electrons. The molecule has 0 saturated carbocycles. The van der Waals surface area contributed by atoms with Gasteiger partial charge in [0.2, 0.25) is 0 Å². The molecular weight excluding hydrogens is 196 g/mol. The zero-order valence-electron chi connectivity index (χ0n) is 9.20. The van der Waals surface area contributed by atoms with Crippen molar-refractivity contribution in [1.29, 1.82) is 0 Å². The fourth-order valence-electron chi connectivity index (χ4n) is 1.41. The fourth-order valence-corrected chi connectivity index (χ4v) is 1.41. The normalized spacial score (nSPS) is 8.88. The Morgan fingerprint density at radius 1 is 0.812 bits per heavy atom. The van der Waals surface area contributed by atoms with Crippen LogP contribution in [0.1, 0.15) is 25.2 Å². The second-order valence-corrected chi connectivity index (χ2v) is 3.16. The summed E-state index contributed by atoms with van der Waals surface area (Å²) in [6.07, 6.45) is 0. The van der Waals surface area contributed by atoms with E-state index in [0.717, 1.165) is 11.0 Å². The molecule has 0 fully saturated rings. The highest BCUT2D eigenvalue weighted by molar-refractivity contribution is 5.75. The Hall–Kier alpha value is -2.32. The minimum Gasteiger partial charge on any atom is -0.235 e. The topological polar surface area (TPSA) is 25.8 Å². The van der Waals surface area contributed by atoms with Gasteiger partial charge in [0, 0.05) is 0 Å². The number of benzene rings is 1. The van der Waals surface area contributed by atoms with Crippen molar-refractivity contribution in [3.63, 3.8) is 0 Å². The second-order valence-electron chi connectivity index (χ2n) is 3.16. The maximum absolute atomic E-state index is 4.44. The van der Waals surface area contributed by atoms with Gasteiger partial charge in [-0.1, -0.05) is 24.0 Å². The highest BCUT2D eigenvalue weighted by Gasteiger charge is 2.03. The molecule has 0 atom stereocenters. The van der Waals surface area contributed by atoms with E-state index in [1.165, 1.54) is 0 Å². The van der Waals surface area contributed by atoms with Gasteiger partial charge in [0.15, 0.2) is 0 Å². The Bertz CT molecular complexity index is 590. The second kappa shape index (κ2) is 4.47. The van der Waals surface area contributed by atoms with E-state index in [0.29, 0.717) is 11.4 Å². The van der Waals surface area contributed by atoms with Crippen molar-refractivity contribution in [2.75, 3.05) is 0 Å². The van der Waals surface area contributed by atoms with Crippen LogP contribution in [0.5, 0.6) is 0 Å². The summed E-state index contributed by atoms with van der Waals surface area (Å²) >= 11 is 0. The van der Waals surface area contributed by atoms with E-state index in [4.69, 9.17) is 0 Å². The maximum atomic E-state index is 4.44. The van der Waals surface area contributed by atoms with Gasteiger partial charge in [0.05, 0.1) is 11.0 Å². The van der Waals surface area contributed by atoms with Crippen LogP contribution in [0, 0.1) is 23.7 Å². The van der Waals surface area contributed by atoms with Gasteiger partial charge in [-0.3, -0.25) is 0 Å². The van der Waals surface area contributed by atoms with E-state index < -0.39 is 0 Å². The third-order valence-corrected chi connectivity index (χ3v) is 2.06. The Morgan fingerprint density at radius 3 is 1.62 bits per heavy atom. The number of para-hydroxylation sites is 2. The summed E-state index contributed by atoms with van der Waals surface area (Å²) < 4.78 is 0. The molecule has 16 heavy (non-hydrogen) atoms. The molecule has 1 aromatic heterocycles. The van der Waals surface area contributed by atoms with Crippen LogP contribution in [0.25, 0.3) is 11.0 Å². The number of aromatic nitrogens is 2. The molecule has 0 unspecified atom stereocenters. The van der Waals surface area contributed by atoms with E-state index in [9.17, 15) is 0 Å². The van der Waals surface area contributed by atoms with Crippen LogP contribution in [-0.2, 0) is 0 Å². The molecular formula is C14H10N2. The number of hydrogen-bond donors (Lipinski definition) is 0. The number of hydrogen-bond acceptors (Lipinski definition) is 2. The smallest absolute Gasteiger partial charge is 0.148 e. The van der Waals surface area contributed by atoms with Gasteiger partial charge in [-0.15, -0.1) is 0 Å². The Labute approximate surface area is 94.7 Å². The first kappa shape index (κ1) is 10.2. The summed E-state index contributed by atoms with van der Waals surface area (Å²) in [5.41, 5.74) is 3.00. The highest BCUT2D eigenvalue weighted by atomic mass is 14.8. The van der Waals surface area contributed by atoms with Crippen molar-refractivity contribution in [2.45, 2.75) is 13.8 Å². The van der Waals surface area contributed by atoms with E-state index in [2.05, 4.69) is 33.6 Å². The first-order valence-corrected chi connectivity index (χ1v) is 4.97. The van der Waals surface area contributed by atoms with Crippen molar-refractivity contribution < 1.29 is 0 Å². The summed E-state index contributed by atoms with van der Waals surface area (Å²) in [7, 11) is 0. The SMILES string of the molecule is CC#Cc1nc2ccccc2nc1C#CC. The van der Waals surface area contributed by atoms with Gasteiger partial charge in [-0.25, -0.2) is 9.97 Å². The summed E-state index contributed by atoms with van der Waals surface area (Å²) in [4.78, 5) is 8.89. The molecule has 1 heterocycles. The average molecular weight is 206 g/mol. The van der Waals surface area contributed by atoms with Crippen LogP contribution < -0.4 is 0 Å². The van der Waals surface area contributed by atoms with Crippen molar-refractivity contribution in [3.8, 4) is 23.7 Å². The molecule has 0 bridgehead atoms. The molecule has 2 nitrogen and oxygen atoms in total. The summed E-state index contributed by atoms with van der Waals surface area (Å²) in [5.74, 6) is 11.5. The Morgan fingerprint density at radius 2 is 1.25 bits per heavy atom. The van der Waals surface area contributed by atoms with Crippen LogP contribution in [0.4, 0.5) is 0 Å². The number of nitrogens with zero attached hydrogens (tertiary/aromatic N) is 2. The predicted octanol–water partition coefficient (Wildman–Crippen LogP) is 2.37. The molecule has 0 aliphatic rings. The van der Waals surface area contributed by atoms with Gasteiger partial charge in [0.1, 0.15) is 11.4 Å². The predicted molar refractivity (Wildman–Crippen MR) is 64.6 cm³/mol. The summed E-state index contributed by atoms with van der Waals surface area (Å²) in [6.45, 7) is 3.56. The van der Waals surface area contributed by atoms with Gasteiger partial charge in [0.25, 0.3) is 0 Å². The zero-order chi connectivity index (χ0) is 11.4. The third-order valence-electron chi connectivity index (χ3n) is 2.06. The van der Waals surface area contributed by atoms with Crippen LogP contribution in [-0.4, -0.2) is 9.97 Å². The van der Waals surface area contributed by atoms with Crippen LogP contribution in [0.3, 0.4) is 0 Å². The van der Waals surface area contributed by atoms with Crippen molar-refractivity contribution in [1.82, 2.24) is 9.97 Å². The highest BCUT2D eigenvalue weighted by Crippen LogP contribution is 2.11. The van der Waals surface area contributed by atoms with Crippen LogP contribution in [0.15, 0.2) is 24.3 Å². The van der Waals surface area contributed by atoms with E-state index in [1.54, 1.807) is 13.8 Å². The Balaban J connectivity index is 2.77. The standard InChI is InChI=1S/C14H10N2/c1-3-7-11-12(8-4-2)16-14-10-6-5-9-13(14)15-11/h5-6,9-10H,1-2H3. The van der Waals surface area contributed by atoms with Crippen molar-refractivity contribution >= 4 is 11.0 Å².